The minimum atomic E-state index is -3.81. The Labute approximate surface area is 159 Å². The Bertz CT molecular complexity index is 894. The van der Waals surface area contributed by atoms with E-state index in [1.807, 2.05) is 13.0 Å². The van der Waals surface area contributed by atoms with Crippen molar-refractivity contribution < 1.29 is 13.2 Å². The number of sulfonamides is 1. The van der Waals surface area contributed by atoms with Gasteiger partial charge in [0.1, 0.15) is 10.6 Å². The highest BCUT2D eigenvalue weighted by Gasteiger charge is 2.20. The lowest BCUT2D eigenvalue weighted by atomic mass is 10.2. The monoisotopic (exact) mass is 391 g/mol. The van der Waals surface area contributed by atoms with Crippen LogP contribution in [0.1, 0.15) is 5.56 Å². The van der Waals surface area contributed by atoms with Crippen LogP contribution in [0.25, 0.3) is 0 Å². The maximum absolute atomic E-state index is 12.9. The van der Waals surface area contributed by atoms with Crippen LogP contribution in [0, 0.1) is 6.92 Å². The summed E-state index contributed by atoms with van der Waals surface area (Å²) in [4.78, 5) is 0.107. The molecule has 0 atom stereocenters. The molecule has 0 bridgehead atoms. The molecule has 26 heavy (non-hydrogen) atoms. The first kappa shape index (κ1) is 19.7. The molecule has 0 heterocycles. The van der Waals surface area contributed by atoms with Crippen LogP contribution < -0.4 is 20.1 Å². The van der Waals surface area contributed by atoms with Gasteiger partial charge in [-0.2, -0.15) is 0 Å². The van der Waals surface area contributed by atoms with Crippen LogP contribution >= 0.6 is 12.2 Å². The van der Waals surface area contributed by atoms with Crippen molar-refractivity contribution in [2.45, 2.75) is 11.8 Å². The van der Waals surface area contributed by atoms with Gasteiger partial charge in [-0.1, -0.05) is 12.1 Å². The van der Waals surface area contributed by atoms with Gasteiger partial charge in [0.25, 0.3) is 10.0 Å². The molecule has 6 nitrogen and oxygen atoms in total. The Kier molecular flexibility index (Phi) is 6.59. The van der Waals surface area contributed by atoms with Crippen LogP contribution in [0.3, 0.4) is 0 Å². The van der Waals surface area contributed by atoms with E-state index in [1.165, 1.54) is 0 Å². The molecule has 0 saturated heterocycles. The summed E-state index contributed by atoms with van der Waals surface area (Å²) in [6.07, 6.45) is 1.66. The zero-order valence-electron chi connectivity index (χ0n) is 14.6. The van der Waals surface area contributed by atoms with Crippen molar-refractivity contribution in [3.8, 4) is 5.75 Å². The third kappa shape index (κ3) is 5.21. The predicted octanol–water partition coefficient (Wildman–Crippen LogP) is 3.28. The highest BCUT2D eigenvalue weighted by atomic mass is 32.2. The average molecular weight is 392 g/mol. The topological polar surface area (TPSA) is 79.5 Å². The van der Waals surface area contributed by atoms with Crippen molar-refractivity contribution in [3.63, 3.8) is 0 Å². The predicted molar refractivity (Wildman–Crippen MR) is 109 cm³/mol. The number of benzene rings is 2. The molecule has 2 aromatic rings. The number of anilines is 2. The van der Waals surface area contributed by atoms with E-state index in [0.717, 1.165) is 5.56 Å². The first-order chi connectivity index (χ1) is 12.4. The Morgan fingerprint density at radius 3 is 2.54 bits per heavy atom. The number of thiocarbonyl (C=S) groups is 1. The summed E-state index contributed by atoms with van der Waals surface area (Å²) in [6, 6.07) is 11.7. The van der Waals surface area contributed by atoms with Gasteiger partial charge in [-0.05, 0) is 61.1 Å². The number of nitrogens with one attached hydrogen (secondary N) is 3. The van der Waals surface area contributed by atoms with E-state index in [-0.39, 0.29) is 4.90 Å². The summed E-state index contributed by atoms with van der Waals surface area (Å²) in [5.74, 6) is 0.643. The summed E-state index contributed by atoms with van der Waals surface area (Å²) in [5.41, 5.74) is 1.64. The largest absolute Gasteiger partial charge is 0.497 e. The molecule has 8 heteroatoms. The molecule has 0 spiro atoms. The van der Waals surface area contributed by atoms with Crippen LogP contribution in [0.5, 0.6) is 5.75 Å². The van der Waals surface area contributed by atoms with Crippen molar-refractivity contribution >= 4 is 38.7 Å². The summed E-state index contributed by atoms with van der Waals surface area (Å²) in [5, 5.41) is 6.14. The highest BCUT2D eigenvalue weighted by molar-refractivity contribution is 7.93. The SMILES string of the molecule is C=CCNC(=S)Nc1ccc(C)cc1S(=O)(=O)Nc1ccc(OC)cc1. The smallest absolute Gasteiger partial charge is 0.263 e. The van der Waals surface area contributed by atoms with Crippen LogP contribution in [0.4, 0.5) is 11.4 Å². The van der Waals surface area contributed by atoms with Crippen LogP contribution in [0.15, 0.2) is 60.0 Å². The van der Waals surface area contributed by atoms with E-state index in [0.29, 0.717) is 28.8 Å². The average Bonchev–Trinajstić information content (AvgIpc) is 2.61. The van der Waals surface area contributed by atoms with Crippen molar-refractivity contribution in [2.75, 3.05) is 23.7 Å². The van der Waals surface area contributed by atoms with Crippen LogP contribution in [0.2, 0.25) is 0 Å². The molecule has 0 amide bonds. The second-order valence-corrected chi connectivity index (χ2v) is 7.52. The molecule has 0 fully saturated rings. The van der Waals surface area contributed by atoms with Gasteiger partial charge < -0.3 is 15.4 Å². The third-order valence-corrected chi connectivity index (χ3v) is 5.09. The van der Waals surface area contributed by atoms with E-state index in [9.17, 15) is 8.42 Å². The third-order valence-electron chi connectivity index (χ3n) is 3.42. The Morgan fingerprint density at radius 2 is 1.92 bits per heavy atom. The molecule has 138 valence electrons. The zero-order valence-corrected chi connectivity index (χ0v) is 16.2. The van der Waals surface area contributed by atoms with Crippen LogP contribution in [-0.2, 0) is 10.0 Å². The maximum Gasteiger partial charge on any atom is 0.263 e. The molecule has 0 aliphatic rings. The lowest BCUT2D eigenvalue weighted by Gasteiger charge is -2.15. The zero-order chi connectivity index (χ0) is 19.2. The summed E-state index contributed by atoms with van der Waals surface area (Å²) >= 11 is 5.18. The number of methoxy groups -OCH3 is 1. The summed E-state index contributed by atoms with van der Waals surface area (Å²) in [6.45, 7) is 5.90. The molecule has 0 aromatic heterocycles. The number of aryl methyl sites for hydroxylation is 1. The normalized spacial score (nSPS) is 10.7. The van der Waals surface area contributed by atoms with Gasteiger partial charge in [0.05, 0.1) is 12.8 Å². The molecule has 0 aliphatic heterocycles. The lowest BCUT2D eigenvalue weighted by Crippen LogP contribution is -2.29. The second-order valence-electron chi connectivity index (χ2n) is 5.46. The maximum atomic E-state index is 12.9. The van der Waals surface area contributed by atoms with E-state index in [1.54, 1.807) is 49.6 Å². The van der Waals surface area contributed by atoms with Gasteiger partial charge in [-0.3, -0.25) is 4.72 Å². The molecule has 0 radical (unpaired) electrons. The standard InChI is InChI=1S/C18H21N3O3S2/c1-4-11-19-18(25)20-16-10-5-13(2)12-17(16)26(22,23)21-14-6-8-15(24-3)9-7-14/h4-10,12,21H,1,11H2,2-3H3,(H2,19,20,25). The van der Waals surface area contributed by atoms with Gasteiger partial charge in [-0.25, -0.2) is 8.42 Å². The molecular formula is C18H21N3O3S2. The van der Waals surface area contributed by atoms with Gasteiger partial charge in [0.2, 0.25) is 0 Å². The van der Waals surface area contributed by atoms with E-state index in [4.69, 9.17) is 17.0 Å². The van der Waals surface area contributed by atoms with Crippen molar-refractivity contribution in [1.82, 2.24) is 5.32 Å². The van der Waals surface area contributed by atoms with Crippen molar-refractivity contribution in [1.29, 1.82) is 0 Å². The fourth-order valence-corrected chi connectivity index (χ4v) is 3.65. The van der Waals surface area contributed by atoms with Crippen molar-refractivity contribution in [2.24, 2.45) is 0 Å². The van der Waals surface area contributed by atoms with Gasteiger partial charge >= 0.3 is 0 Å². The van der Waals surface area contributed by atoms with E-state index in [2.05, 4.69) is 21.9 Å². The minimum Gasteiger partial charge on any atom is -0.497 e. The molecule has 3 N–H and O–H groups in total. The Morgan fingerprint density at radius 1 is 1.23 bits per heavy atom. The van der Waals surface area contributed by atoms with Crippen LogP contribution in [-0.4, -0.2) is 27.2 Å². The molecule has 0 aliphatic carbocycles. The van der Waals surface area contributed by atoms with Gasteiger partial charge in [-0.15, -0.1) is 6.58 Å². The number of hydrogen-bond donors (Lipinski definition) is 3. The molecule has 2 rings (SSSR count). The Balaban J connectivity index is 2.30. The highest BCUT2D eigenvalue weighted by Crippen LogP contribution is 2.26. The number of rotatable bonds is 7. The Hall–Kier alpha value is -2.58. The summed E-state index contributed by atoms with van der Waals surface area (Å²) < 4.78 is 33.4. The minimum absolute atomic E-state index is 0.107. The first-order valence-electron chi connectivity index (χ1n) is 7.79. The van der Waals surface area contributed by atoms with E-state index >= 15 is 0 Å². The summed E-state index contributed by atoms with van der Waals surface area (Å²) in [7, 11) is -2.26. The van der Waals surface area contributed by atoms with E-state index < -0.39 is 10.0 Å². The molecule has 0 saturated carbocycles. The lowest BCUT2D eigenvalue weighted by molar-refractivity contribution is 0.415. The number of ether oxygens (including phenoxy) is 1. The quantitative estimate of drug-likeness (QED) is 0.497. The first-order valence-corrected chi connectivity index (χ1v) is 9.68. The molecular weight excluding hydrogens is 370 g/mol. The molecule has 0 unspecified atom stereocenters. The fraction of sp³-hybridized carbons (Fsp3) is 0.167. The fourth-order valence-electron chi connectivity index (χ4n) is 2.16. The van der Waals surface area contributed by atoms with Gasteiger partial charge in [0.15, 0.2) is 5.11 Å². The van der Waals surface area contributed by atoms with Crippen molar-refractivity contribution in [3.05, 3.63) is 60.7 Å². The second kappa shape index (κ2) is 8.68. The van der Waals surface area contributed by atoms with Gasteiger partial charge in [0, 0.05) is 12.2 Å². The number of hydrogen-bond acceptors (Lipinski definition) is 4. The molecule has 2 aromatic carbocycles.